The van der Waals surface area contributed by atoms with Crippen LogP contribution >= 0.6 is 0 Å². The number of hydrogen-bond donors (Lipinski definition) is 1. The van der Waals surface area contributed by atoms with Gasteiger partial charge in [-0.25, -0.2) is 9.37 Å². The van der Waals surface area contributed by atoms with E-state index in [1.54, 1.807) is 10.5 Å². The molecule has 6 nitrogen and oxygen atoms in total. The molecule has 7 heteroatoms. The van der Waals surface area contributed by atoms with E-state index in [9.17, 15) is 9.50 Å². The Labute approximate surface area is 200 Å². The van der Waals surface area contributed by atoms with Gasteiger partial charge < -0.3 is 19.3 Å². The summed E-state index contributed by atoms with van der Waals surface area (Å²) in [5.74, 6) is -0.208. The maximum absolute atomic E-state index is 14.8. The summed E-state index contributed by atoms with van der Waals surface area (Å²) in [6, 6.07) is 2.35. The highest BCUT2D eigenvalue weighted by Gasteiger charge is 2.32. The van der Waals surface area contributed by atoms with Crippen LogP contribution in [0.5, 0.6) is 0 Å². The molecule has 1 saturated carbocycles. The minimum Gasteiger partial charge on any atom is -0.370 e. The van der Waals surface area contributed by atoms with Crippen LogP contribution < -0.4 is 0 Å². The summed E-state index contributed by atoms with van der Waals surface area (Å²) in [6.07, 6.45) is 16.8. The monoisotopic (exact) mass is 461 g/mol. The van der Waals surface area contributed by atoms with Crippen molar-refractivity contribution in [3.63, 3.8) is 0 Å². The second kappa shape index (κ2) is 8.40. The summed E-state index contributed by atoms with van der Waals surface area (Å²) in [6.45, 7) is 8.21. The van der Waals surface area contributed by atoms with Crippen molar-refractivity contribution in [3.8, 4) is 0 Å². The Hall–Kier alpha value is -2.90. The van der Waals surface area contributed by atoms with Crippen molar-refractivity contribution in [2.45, 2.75) is 45.4 Å². The number of aryl methyl sites for hydroxylation is 1. The lowest BCUT2D eigenvalue weighted by atomic mass is 9.89. The molecular weight excluding hydrogens is 429 g/mol. The first-order chi connectivity index (χ1) is 16.5. The number of nitrogens with zero attached hydrogens (tertiary/aromatic N) is 5. The lowest BCUT2D eigenvalue weighted by molar-refractivity contribution is 0.100. The molecule has 2 fully saturated rings. The summed E-state index contributed by atoms with van der Waals surface area (Å²) in [5, 5.41) is 11.3. The average Bonchev–Trinajstić information content (AvgIpc) is 3.61. The van der Waals surface area contributed by atoms with Crippen molar-refractivity contribution in [2.75, 3.05) is 26.2 Å². The van der Waals surface area contributed by atoms with Crippen LogP contribution in [-0.4, -0.2) is 67.6 Å². The third-order valence-corrected chi connectivity index (χ3v) is 7.52. The van der Waals surface area contributed by atoms with Gasteiger partial charge in [0.1, 0.15) is 0 Å². The van der Waals surface area contributed by atoms with Gasteiger partial charge in [0, 0.05) is 56.5 Å². The Morgan fingerprint density at radius 3 is 2.59 bits per heavy atom. The fraction of sp³-hybridized carbons (Fsp3) is 0.444. The number of aromatic nitrogens is 2. The number of halogens is 1. The smallest absolute Gasteiger partial charge is 0.173 e. The molecule has 4 aliphatic rings. The molecule has 0 radical (unpaired) electrons. The largest absolute Gasteiger partial charge is 0.370 e. The van der Waals surface area contributed by atoms with E-state index in [4.69, 9.17) is 0 Å². The Balaban J connectivity index is 1.28. The van der Waals surface area contributed by atoms with Crippen LogP contribution in [0.2, 0.25) is 0 Å². The zero-order chi connectivity index (χ0) is 23.4. The standard InChI is InChI=1S/C27H32FN5O/c1-18-3-4-22-7-8-23(31-11-9-30(10-12-31)21-5-6-21)17-33(22)26(34)14-24(18)20-13-25(28)27-29-19(2)15-32(27)16-20/h4,7-8,13-18,21,26,34H,3,5-6,9-12H2,1-2H3. The van der Waals surface area contributed by atoms with Crippen LogP contribution in [0.3, 0.4) is 0 Å². The van der Waals surface area contributed by atoms with Gasteiger partial charge >= 0.3 is 0 Å². The van der Waals surface area contributed by atoms with Gasteiger partial charge in [-0.15, -0.1) is 0 Å². The minimum absolute atomic E-state index is 0.139. The van der Waals surface area contributed by atoms with E-state index >= 15 is 0 Å². The fourth-order valence-corrected chi connectivity index (χ4v) is 5.44. The molecule has 0 spiro atoms. The SMILES string of the molecule is Cc1cn2cc(C3=CC(O)N4C=C(N5CCN(C6CC6)CC5)C=CC4=CCC3C)cc(F)c2n1. The summed E-state index contributed by atoms with van der Waals surface area (Å²) in [4.78, 5) is 11.2. The molecule has 2 atom stereocenters. The maximum Gasteiger partial charge on any atom is 0.173 e. The second-order valence-corrected chi connectivity index (χ2v) is 10.0. The first kappa shape index (κ1) is 21.6. The molecule has 0 bridgehead atoms. The molecule has 2 aromatic rings. The topological polar surface area (TPSA) is 47.3 Å². The average molecular weight is 462 g/mol. The number of aliphatic hydroxyl groups is 1. The summed E-state index contributed by atoms with van der Waals surface area (Å²) in [5.41, 5.74) is 4.97. The zero-order valence-corrected chi connectivity index (χ0v) is 19.9. The van der Waals surface area contributed by atoms with Gasteiger partial charge in [-0.1, -0.05) is 13.0 Å². The van der Waals surface area contributed by atoms with E-state index in [2.05, 4.69) is 46.1 Å². The molecule has 5 heterocycles. The number of hydrogen-bond acceptors (Lipinski definition) is 5. The van der Waals surface area contributed by atoms with Crippen LogP contribution in [0.25, 0.3) is 11.2 Å². The molecule has 2 unspecified atom stereocenters. The molecular formula is C27H32FN5O. The minimum atomic E-state index is -0.833. The van der Waals surface area contributed by atoms with Crippen LogP contribution in [0.4, 0.5) is 4.39 Å². The highest BCUT2D eigenvalue weighted by atomic mass is 19.1. The lowest BCUT2D eigenvalue weighted by Crippen LogP contribution is -2.47. The lowest BCUT2D eigenvalue weighted by Gasteiger charge is -2.39. The molecule has 1 N–H and O–H groups in total. The van der Waals surface area contributed by atoms with Gasteiger partial charge in [0.2, 0.25) is 0 Å². The Kier molecular flexibility index (Phi) is 5.34. The fourth-order valence-electron chi connectivity index (χ4n) is 5.44. The quantitative estimate of drug-likeness (QED) is 0.751. The number of piperazine rings is 1. The van der Waals surface area contributed by atoms with E-state index < -0.39 is 6.23 Å². The first-order valence-electron chi connectivity index (χ1n) is 12.4. The van der Waals surface area contributed by atoms with Gasteiger partial charge in [-0.3, -0.25) is 4.90 Å². The molecule has 0 amide bonds. The molecule has 6 rings (SSSR count). The van der Waals surface area contributed by atoms with Crippen LogP contribution in [0.15, 0.2) is 60.4 Å². The maximum atomic E-state index is 14.8. The Bertz CT molecular complexity index is 1230. The number of pyridine rings is 1. The third kappa shape index (κ3) is 3.97. The van der Waals surface area contributed by atoms with Gasteiger partial charge in [0.15, 0.2) is 17.7 Å². The second-order valence-electron chi connectivity index (χ2n) is 10.0. The predicted octanol–water partition coefficient (Wildman–Crippen LogP) is 3.90. The third-order valence-electron chi connectivity index (χ3n) is 7.52. The molecule has 0 aromatic carbocycles. The zero-order valence-electron chi connectivity index (χ0n) is 19.9. The number of rotatable bonds is 3. The highest BCUT2D eigenvalue weighted by molar-refractivity contribution is 5.69. The van der Waals surface area contributed by atoms with Gasteiger partial charge in [-0.05, 0) is 67.5 Å². The number of allylic oxidation sites excluding steroid dienone is 4. The number of aliphatic hydroxyl groups excluding tert-OH is 1. The van der Waals surface area contributed by atoms with Crippen molar-refractivity contribution >= 4 is 11.2 Å². The van der Waals surface area contributed by atoms with E-state index in [0.29, 0.717) is 5.65 Å². The van der Waals surface area contributed by atoms with E-state index in [0.717, 1.165) is 66.9 Å². The summed E-state index contributed by atoms with van der Waals surface area (Å²) < 4.78 is 16.5. The predicted molar refractivity (Wildman–Crippen MR) is 131 cm³/mol. The molecule has 1 aliphatic carbocycles. The van der Waals surface area contributed by atoms with Gasteiger partial charge in [-0.2, -0.15) is 0 Å². The molecule has 3 aliphatic heterocycles. The molecule has 2 aromatic heterocycles. The van der Waals surface area contributed by atoms with Crippen molar-refractivity contribution in [3.05, 3.63) is 77.4 Å². The summed E-state index contributed by atoms with van der Waals surface area (Å²) in [7, 11) is 0. The van der Waals surface area contributed by atoms with Crippen molar-refractivity contribution in [1.29, 1.82) is 0 Å². The van der Waals surface area contributed by atoms with Gasteiger partial charge in [0.05, 0.1) is 11.4 Å². The van der Waals surface area contributed by atoms with Crippen LogP contribution in [0, 0.1) is 18.7 Å². The van der Waals surface area contributed by atoms with Crippen molar-refractivity contribution in [1.82, 2.24) is 24.1 Å². The van der Waals surface area contributed by atoms with Crippen molar-refractivity contribution in [2.24, 2.45) is 5.92 Å². The summed E-state index contributed by atoms with van der Waals surface area (Å²) >= 11 is 0. The van der Waals surface area contributed by atoms with E-state index in [-0.39, 0.29) is 11.7 Å². The van der Waals surface area contributed by atoms with Gasteiger partial charge in [0.25, 0.3) is 0 Å². The normalized spacial score (nSPS) is 26.1. The van der Waals surface area contributed by atoms with Crippen LogP contribution in [0.1, 0.15) is 37.4 Å². The molecule has 178 valence electrons. The molecule has 1 saturated heterocycles. The van der Waals surface area contributed by atoms with Crippen LogP contribution in [-0.2, 0) is 0 Å². The van der Waals surface area contributed by atoms with E-state index in [1.807, 2.05) is 30.3 Å². The Morgan fingerprint density at radius 2 is 1.82 bits per heavy atom. The van der Waals surface area contributed by atoms with Crippen molar-refractivity contribution < 1.29 is 9.50 Å². The Morgan fingerprint density at radius 1 is 1.06 bits per heavy atom. The number of imidazole rings is 1. The number of fused-ring (bicyclic) bond motifs is 2. The van der Waals surface area contributed by atoms with E-state index in [1.165, 1.54) is 12.8 Å². The molecule has 34 heavy (non-hydrogen) atoms. The highest BCUT2D eigenvalue weighted by Crippen LogP contribution is 2.34. The first-order valence-corrected chi connectivity index (χ1v) is 12.4.